The zero-order chi connectivity index (χ0) is 25.5. The van der Waals surface area contributed by atoms with Crippen molar-refractivity contribution < 1.29 is 18.1 Å². The standard InChI is InChI=1S/C23H27N5O5S2/c1-14(2)22-26(35(32,33)18-8-5-15(3)6-9-18)12-16(4)27(22)21(29)13-34-23-24-19-10-7-17(28(30)31)11-20(19)25-23/h5-11,14,16,22H,12-13H2,1-4H3,(H,24,25)/t16-,22-/m1/s1. The number of sulfonamides is 1. The summed E-state index contributed by atoms with van der Waals surface area (Å²) in [5.41, 5.74) is 2.00. The number of nitrogens with one attached hydrogen (secondary N) is 1. The molecule has 0 bridgehead atoms. The highest BCUT2D eigenvalue weighted by molar-refractivity contribution is 7.99. The average Bonchev–Trinajstić information content (AvgIpc) is 3.38. The minimum absolute atomic E-state index is 0.0469. The van der Waals surface area contributed by atoms with Gasteiger partial charge in [0.15, 0.2) is 5.16 Å². The van der Waals surface area contributed by atoms with E-state index in [4.69, 9.17) is 0 Å². The maximum atomic E-state index is 13.4. The Kier molecular flexibility index (Phi) is 6.89. The summed E-state index contributed by atoms with van der Waals surface area (Å²) in [6, 6.07) is 10.8. The average molecular weight is 518 g/mol. The van der Waals surface area contributed by atoms with Crippen LogP contribution >= 0.6 is 11.8 Å². The molecule has 186 valence electrons. The zero-order valence-corrected chi connectivity index (χ0v) is 21.5. The lowest BCUT2D eigenvalue weighted by atomic mass is 10.1. The molecular formula is C23H27N5O5S2. The van der Waals surface area contributed by atoms with Gasteiger partial charge in [-0.2, -0.15) is 4.31 Å². The Bertz CT molecular complexity index is 1370. The third kappa shape index (κ3) is 4.91. The monoisotopic (exact) mass is 517 g/mol. The summed E-state index contributed by atoms with van der Waals surface area (Å²) in [5.74, 6) is -0.274. The Morgan fingerprint density at radius 2 is 1.94 bits per heavy atom. The van der Waals surface area contributed by atoms with Crippen molar-refractivity contribution in [1.29, 1.82) is 0 Å². The van der Waals surface area contributed by atoms with Crippen LogP contribution in [0.1, 0.15) is 26.3 Å². The Hall–Kier alpha value is -2.96. The minimum atomic E-state index is -3.79. The van der Waals surface area contributed by atoms with Crippen LogP contribution in [0.2, 0.25) is 0 Å². The van der Waals surface area contributed by atoms with E-state index in [0.29, 0.717) is 16.2 Å². The fraction of sp³-hybridized carbons (Fsp3) is 0.391. The number of rotatable bonds is 7. The number of carbonyl (C=O) groups excluding carboxylic acids is 1. The van der Waals surface area contributed by atoms with Crippen LogP contribution in [0.4, 0.5) is 5.69 Å². The number of nitro groups is 1. The molecule has 1 fully saturated rings. The van der Waals surface area contributed by atoms with E-state index < -0.39 is 21.1 Å². The maximum absolute atomic E-state index is 13.4. The summed E-state index contributed by atoms with van der Waals surface area (Å²) in [6.07, 6.45) is -0.609. The highest BCUT2D eigenvalue weighted by Gasteiger charge is 2.47. The van der Waals surface area contributed by atoms with E-state index in [2.05, 4.69) is 9.97 Å². The van der Waals surface area contributed by atoms with Gasteiger partial charge >= 0.3 is 0 Å². The molecule has 1 aliphatic heterocycles. The number of hydrogen-bond acceptors (Lipinski definition) is 7. The van der Waals surface area contributed by atoms with Gasteiger partial charge in [-0.3, -0.25) is 14.9 Å². The Morgan fingerprint density at radius 1 is 1.26 bits per heavy atom. The van der Waals surface area contributed by atoms with E-state index in [0.717, 1.165) is 5.56 Å². The number of nitro benzene ring substituents is 1. The molecule has 0 radical (unpaired) electrons. The lowest BCUT2D eigenvalue weighted by Gasteiger charge is -2.33. The van der Waals surface area contributed by atoms with Crippen molar-refractivity contribution >= 4 is 44.4 Å². The van der Waals surface area contributed by atoms with Gasteiger partial charge in [-0.15, -0.1) is 0 Å². The molecular weight excluding hydrogens is 490 g/mol. The quantitative estimate of drug-likeness (QED) is 0.287. The van der Waals surface area contributed by atoms with Gasteiger partial charge < -0.3 is 9.88 Å². The van der Waals surface area contributed by atoms with Gasteiger partial charge in [-0.1, -0.05) is 43.3 Å². The number of fused-ring (bicyclic) bond motifs is 1. The number of nitrogens with zero attached hydrogens (tertiary/aromatic N) is 4. The lowest BCUT2D eigenvalue weighted by Crippen LogP contribution is -2.49. The van der Waals surface area contributed by atoms with Crippen molar-refractivity contribution in [3.8, 4) is 0 Å². The number of imidazole rings is 1. The van der Waals surface area contributed by atoms with Crippen LogP contribution in [0.5, 0.6) is 0 Å². The topological polar surface area (TPSA) is 130 Å². The Balaban J connectivity index is 1.53. The fourth-order valence-corrected chi connectivity index (χ4v) is 6.90. The molecule has 2 heterocycles. The summed E-state index contributed by atoms with van der Waals surface area (Å²) in [5, 5.41) is 11.5. The van der Waals surface area contributed by atoms with E-state index in [9.17, 15) is 23.3 Å². The van der Waals surface area contributed by atoms with Crippen molar-refractivity contribution in [2.75, 3.05) is 12.3 Å². The second-order valence-electron chi connectivity index (χ2n) is 8.98. The number of aromatic amines is 1. The van der Waals surface area contributed by atoms with Crippen LogP contribution in [-0.2, 0) is 14.8 Å². The maximum Gasteiger partial charge on any atom is 0.271 e. The van der Waals surface area contributed by atoms with Crippen molar-refractivity contribution in [3.05, 3.63) is 58.1 Å². The summed E-state index contributed by atoms with van der Waals surface area (Å²) in [4.78, 5) is 33.1. The van der Waals surface area contributed by atoms with Gasteiger partial charge in [-0.05, 0) is 38.0 Å². The molecule has 1 N–H and O–H groups in total. The van der Waals surface area contributed by atoms with Crippen LogP contribution in [0.15, 0.2) is 52.5 Å². The van der Waals surface area contributed by atoms with Gasteiger partial charge in [0, 0.05) is 24.7 Å². The fourth-order valence-electron chi connectivity index (χ4n) is 4.35. The number of aromatic nitrogens is 2. The molecule has 4 rings (SSSR count). The number of aryl methyl sites for hydroxylation is 1. The largest absolute Gasteiger partial charge is 0.333 e. The first-order valence-electron chi connectivity index (χ1n) is 11.2. The number of thioether (sulfide) groups is 1. The van der Waals surface area contributed by atoms with Gasteiger partial charge in [-0.25, -0.2) is 13.4 Å². The van der Waals surface area contributed by atoms with Crippen molar-refractivity contribution in [2.24, 2.45) is 5.92 Å². The summed E-state index contributed by atoms with van der Waals surface area (Å²) in [6.45, 7) is 7.76. The molecule has 10 nitrogen and oxygen atoms in total. The Labute approximate surface area is 207 Å². The first-order chi connectivity index (χ1) is 16.5. The van der Waals surface area contributed by atoms with E-state index in [1.165, 1.54) is 28.2 Å². The van der Waals surface area contributed by atoms with E-state index >= 15 is 0 Å². The van der Waals surface area contributed by atoms with Gasteiger partial charge in [0.2, 0.25) is 15.9 Å². The first kappa shape index (κ1) is 25.1. The third-order valence-electron chi connectivity index (χ3n) is 6.00. The van der Waals surface area contributed by atoms with Crippen LogP contribution in [0.3, 0.4) is 0 Å². The van der Waals surface area contributed by atoms with Gasteiger partial charge in [0.1, 0.15) is 6.17 Å². The predicted molar refractivity (Wildman–Crippen MR) is 133 cm³/mol. The molecule has 0 aliphatic carbocycles. The zero-order valence-electron chi connectivity index (χ0n) is 19.8. The number of hydrogen-bond donors (Lipinski definition) is 1. The molecule has 2 aromatic carbocycles. The highest BCUT2D eigenvalue weighted by Crippen LogP contribution is 2.33. The number of non-ortho nitro benzene ring substituents is 1. The van der Waals surface area contributed by atoms with Gasteiger partial charge in [0.05, 0.1) is 26.6 Å². The van der Waals surface area contributed by atoms with Crippen LogP contribution < -0.4 is 0 Å². The molecule has 2 atom stereocenters. The van der Waals surface area contributed by atoms with E-state index in [1.807, 2.05) is 27.7 Å². The molecule has 0 unspecified atom stereocenters. The first-order valence-corrected chi connectivity index (χ1v) is 13.6. The van der Waals surface area contributed by atoms with Crippen molar-refractivity contribution in [2.45, 2.75) is 50.0 Å². The molecule has 12 heteroatoms. The van der Waals surface area contributed by atoms with Crippen molar-refractivity contribution in [1.82, 2.24) is 19.2 Å². The normalized spacial score (nSPS) is 19.1. The van der Waals surface area contributed by atoms with E-state index in [-0.39, 0.29) is 40.7 Å². The molecule has 1 aliphatic rings. The third-order valence-corrected chi connectivity index (χ3v) is 8.71. The Morgan fingerprint density at radius 3 is 2.57 bits per heavy atom. The summed E-state index contributed by atoms with van der Waals surface area (Å²) < 4.78 is 28.3. The summed E-state index contributed by atoms with van der Waals surface area (Å²) in [7, 11) is -3.79. The molecule has 1 saturated heterocycles. The van der Waals surface area contributed by atoms with Crippen LogP contribution in [-0.4, -0.2) is 62.9 Å². The predicted octanol–water partition coefficient (Wildman–Crippen LogP) is 3.78. The lowest BCUT2D eigenvalue weighted by molar-refractivity contribution is -0.384. The highest BCUT2D eigenvalue weighted by atomic mass is 32.2. The van der Waals surface area contributed by atoms with E-state index in [1.54, 1.807) is 35.2 Å². The summed E-state index contributed by atoms with van der Waals surface area (Å²) >= 11 is 1.18. The minimum Gasteiger partial charge on any atom is -0.333 e. The van der Waals surface area contributed by atoms with Crippen LogP contribution in [0.25, 0.3) is 11.0 Å². The molecule has 35 heavy (non-hydrogen) atoms. The molecule has 0 saturated carbocycles. The second kappa shape index (κ2) is 9.59. The molecule has 1 amide bonds. The molecule has 1 aromatic heterocycles. The number of benzene rings is 2. The SMILES string of the molecule is Cc1ccc(S(=O)(=O)N2C[C@@H](C)N(C(=O)CSc3nc4ccc([N+](=O)[O-])cc4[nH]3)[C@@H]2C(C)C)cc1. The number of carbonyl (C=O) groups is 1. The molecule has 0 spiro atoms. The van der Waals surface area contributed by atoms with Crippen molar-refractivity contribution in [3.63, 3.8) is 0 Å². The second-order valence-corrected chi connectivity index (χ2v) is 11.8. The molecule has 3 aromatic rings. The number of amides is 1. The van der Waals surface area contributed by atoms with Gasteiger partial charge in [0.25, 0.3) is 5.69 Å². The smallest absolute Gasteiger partial charge is 0.271 e. The number of H-pyrrole nitrogens is 1. The van der Waals surface area contributed by atoms with Crippen LogP contribution in [0, 0.1) is 23.0 Å².